The summed E-state index contributed by atoms with van der Waals surface area (Å²) in [5.74, 6) is -1.61. The summed E-state index contributed by atoms with van der Waals surface area (Å²) in [5.41, 5.74) is 0.228. The molecule has 1 aliphatic rings. The Morgan fingerprint density at radius 3 is 2.20 bits per heavy atom. The van der Waals surface area contributed by atoms with Crippen molar-refractivity contribution >= 4 is 21.9 Å². The zero-order valence-electron chi connectivity index (χ0n) is 14.4. The van der Waals surface area contributed by atoms with Crippen LogP contribution in [0.25, 0.3) is 0 Å². The zero-order valence-corrected chi connectivity index (χ0v) is 15.2. The summed E-state index contributed by atoms with van der Waals surface area (Å²) < 4.78 is 32.4. The number of benzene rings is 1. The molecule has 2 atom stereocenters. The van der Waals surface area contributed by atoms with E-state index in [2.05, 4.69) is 0 Å². The van der Waals surface area contributed by atoms with Gasteiger partial charge < -0.3 is 14.7 Å². The Morgan fingerprint density at radius 1 is 1.20 bits per heavy atom. The number of carboxylic acids is 1. The van der Waals surface area contributed by atoms with Crippen LogP contribution in [0.5, 0.6) is 0 Å². The van der Waals surface area contributed by atoms with E-state index >= 15 is 0 Å². The molecule has 0 aromatic heterocycles. The third-order valence-corrected chi connectivity index (χ3v) is 5.69. The number of ether oxygens (including phenoxy) is 1. The quantitative estimate of drug-likeness (QED) is 0.816. The molecule has 0 spiro atoms. The molecule has 25 heavy (non-hydrogen) atoms. The van der Waals surface area contributed by atoms with E-state index in [4.69, 9.17) is 9.84 Å². The first kappa shape index (κ1) is 19.4. The van der Waals surface area contributed by atoms with E-state index in [0.29, 0.717) is 0 Å². The molecule has 1 fully saturated rings. The van der Waals surface area contributed by atoms with Crippen LogP contribution in [0.2, 0.25) is 0 Å². The summed E-state index contributed by atoms with van der Waals surface area (Å²) in [6, 6.07) is 5.51. The number of carbonyl (C=O) groups is 2. The van der Waals surface area contributed by atoms with Crippen LogP contribution in [-0.4, -0.2) is 73.5 Å². The monoisotopic (exact) mass is 370 g/mol. The highest BCUT2D eigenvalue weighted by molar-refractivity contribution is 7.89. The maximum absolute atomic E-state index is 12.7. The fourth-order valence-corrected chi connectivity index (χ4v) is 4.33. The number of rotatable bonds is 5. The van der Waals surface area contributed by atoms with Gasteiger partial charge in [0.1, 0.15) is 6.54 Å². The van der Waals surface area contributed by atoms with Crippen LogP contribution in [0, 0.1) is 0 Å². The molecular weight excluding hydrogens is 348 g/mol. The Morgan fingerprint density at radius 2 is 1.72 bits per heavy atom. The van der Waals surface area contributed by atoms with Crippen molar-refractivity contribution in [1.82, 2.24) is 9.21 Å². The minimum Gasteiger partial charge on any atom is -0.480 e. The van der Waals surface area contributed by atoms with Crippen molar-refractivity contribution in [2.24, 2.45) is 0 Å². The van der Waals surface area contributed by atoms with Gasteiger partial charge in [-0.3, -0.25) is 9.59 Å². The van der Waals surface area contributed by atoms with Gasteiger partial charge in [0.2, 0.25) is 10.0 Å². The van der Waals surface area contributed by atoms with E-state index in [-0.39, 0.29) is 35.8 Å². The first-order valence-electron chi connectivity index (χ1n) is 7.84. The Bertz CT molecular complexity index is 736. The summed E-state index contributed by atoms with van der Waals surface area (Å²) in [5, 5.41) is 8.73. The molecule has 0 bridgehead atoms. The van der Waals surface area contributed by atoms with Crippen molar-refractivity contribution in [3.8, 4) is 0 Å². The normalized spacial score (nSPS) is 21.7. The van der Waals surface area contributed by atoms with Crippen LogP contribution in [0.15, 0.2) is 29.2 Å². The molecule has 9 heteroatoms. The molecule has 8 nitrogen and oxygen atoms in total. The highest BCUT2D eigenvalue weighted by Gasteiger charge is 2.32. The molecule has 0 aliphatic carbocycles. The lowest BCUT2D eigenvalue weighted by Crippen LogP contribution is -2.48. The van der Waals surface area contributed by atoms with Gasteiger partial charge in [-0.05, 0) is 38.1 Å². The van der Waals surface area contributed by atoms with Crippen LogP contribution < -0.4 is 0 Å². The van der Waals surface area contributed by atoms with E-state index in [0.717, 1.165) is 4.90 Å². The molecule has 2 unspecified atom stereocenters. The maximum Gasteiger partial charge on any atom is 0.323 e. The number of aliphatic carboxylic acids is 1. The lowest BCUT2D eigenvalue weighted by atomic mass is 10.2. The van der Waals surface area contributed by atoms with Gasteiger partial charge in [-0.15, -0.1) is 0 Å². The summed E-state index contributed by atoms with van der Waals surface area (Å²) in [7, 11) is -2.30. The van der Waals surface area contributed by atoms with Crippen LogP contribution >= 0.6 is 0 Å². The van der Waals surface area contributed by atoms with E-state index in [1.165, 1.54) is 35.6 Å². The van der Waals surface area contributed by atoms with Crippen LogP contribution in [0.1, 0.15) is 24.2 Å². The van der Waals surface area contributed by atoms with Gasteiger partial charge in [-0.1, -0.05) is 0 Å². The number of amides is 1. The fraction of sp³-hybridized carbons (Fsp3) is 0.500. The van der Waals surface area contributed by atoms with Gasteiger partial charge in [0, 0.05) is 25.7 Å². The summed E-state index contributed by atoms with van der Waals surface area (Å²) in [6.45, 7) is 3.75. The van der Waals surface area contributed by atoms with Crippen molar-refractivity contribution < 1.29 is 27.9 Å². The molecule has 2 rings (SSSR count). The number of morpholine rings is 1. The third-order valence-electron chi connectivity index (χ3n) is 3.84. The van der Waals surface area contributed by atoms with Crippen molar-refractivity contribution in [3.63, 3.8) is 0 Å². The molecule has 1 amide bonds. The fourth-order valence-electron chi connectivity index (χ4n) is 2.74. The van der Waals surface area contributed by atoms with Crippen LogP contribution in [0.4, 0.5) is 0 Å². The third kappa shape index (κ3) is 4.56. The lowest BCUT2D eigenvalue weighted by Gasteiger charge is -2.34. The van der Waals surface area contributed by atoms with Crippen molar-refractivity contribution in [2.45, 2.75) is 31.0 Å². The second kappa shape index (κ2) is 7.51. The molecule has 1 aromatic rings. The molecule has 1 aromatic carbocycles. The molecule has 0 radical (unpaired) electrons. The van der Waals surface area contributed by atoms with E-state index in [9.17, 15) is 18.0 Å². The number of carbonyl (C=O) groups excluding carboxylic acids is 1. The summed E-state index contributed by atoms with van der Waals surface area (Å²) >= 11 is 0. The first-order valence-corrected chi connectivity index (χ1v) is 9.28. The second-order valence-corrected chi connectivity index (χ2v) is 8.10. The Labute approximate surface area is 147 Å². The van der Waals surface area contributed by atoms with Crippen molar-refractivity contribution in [1.29, 1.82) is 0 Å². The smallest absolute Gasteiger partial charge is 0.323 e. The van der Waals surface area contributed by atoms with Crippen LogP contribution in [0.3, 0.4) is 0 Å². The number of likely N-dealkylation sites (N-methyl/N-ethyl adjacent to an activating group) is 1. The second-order valence-electron chi connectivity index (χ2n) is 6.16. The SMILES string of the molecule is CC1CN(S(=O)(=O)c2ccc(C(=O)N(C)CC(=O)O)cc2)CC(C)O1. The molecule has 0 saturated carbocycles. The van der Waals surface area contributed by atoms with Gasteiger partial charge in [0.05, 0.1) is 17.1 Å². The summed E-state index contributed by atoms with van der Waals surface area (Å²) in [4.78, 5) is 23.9. The molecule has 1 N–H and O–H groups in total. The number of sulfonamides is 1. The standard InChI is InChI=1S/C16H22N2O6S/c1-11-8-18(9-12(2)24-11)25(22,23)14-6-4-13(5-7-14)16(21)17(3)10-15(19)20/h4-7,11-12H,8-10H2,1-3H3,(H,19,20). The Kier molecular flexibility index (Phi) is 5.81. The lowest BCUT2D eigenvalue weighted by molar-refractivity contribution is -0.137. The van der Waals surface area contributed by atoms with Gasteiger partial charge in [-0.2, -0.15) is 4.31 Å². The Hall–Kier alpha value is -1.97. The molecule has 138 valence electrons. The predicted molar refractivity (Wildman–Crippen MR) is 89.8 cm³/mol. The molecule has 1 heterocycles. The molecular formula is C16H22N2O6S. The Balaban J connectivity index is 2.18. The van der Waals surface area contributed by atoms with Crippen LogP contribution in [-0.2, 0) is 19.6 Å². The number of hydrogen-bond acceptors (Lipinski definition) is 5. The highest BCUT2D eigenvalue weighted by atomic mass is 32.2. The minimum absolute atomic E-state index is 0.0891. The highest BCUT2D eigenvalue weighted by Crippen LogP contribution is 2.21. The topological polar surface area (TPSA) is 104 Å². The molecule has 1 saturated heterocycles. The van der Waals surface area contributed by atoms with Gasteiger partial charge in [-0.25, -0.2) is 8.42 Å². The molecule has 1 aliphatic heterocycles. The predicted octanol–water partition coefficient (Wildman–Crippen LogP) is 0.641. The van der Waals surface area contributed by atoms with Gasteiger partial charge in [0.15, 0.2) is 0 Å². The first-order chi connectivity index (χ1) is 11.6. The maximum atomic E-state index is 12.7. The minimum atomic E-state index is -3.68. The van der Waals surface area contributed by atoms with E-state index < -0.39 is 28.4 Å². The van der Waals surface area contributed by atoms with E-state index in [1.807, 2.05) is 13.8 Å². The average Bonchev–Trinajstić information content (AvgIpc) is 2.52. The van der Waals surface area contributed by atoms with Gasteiger partial charge in [0.25, 0.3) is 5.91 Å². The number of nitrogens with zero attached hydrogens (tertiary/aromatic N) is 2. The summed E-state index contributed by atoms with van der Waals surface area (Å²) in [6.07, 6.45) is -0.381. The largest absolute Gasteiger partial charge is 0.480 e. The zero-order chi connectivity index (χ0) is 18.8. The average molecular weight is 370 g/mol. The number of carboxylic acid groups (broad SMARTS) is 1. The van der Waals surface area contributed by atoms with Gasteiger partial charge >= 0.3 is 5.97 Å². The van der Waals surface area contributed by atoms with E-state index in [1.54, 1.807) is 0 Å². The van der Waals surface area contributed by atoms with Crippen molar-refractivity contribution in [2.75, 3.05) is 26.7 Å². The van der Waals surface area contributed by atoms with Crippen molar-refractivity contribution in [3.05, 3.63) is 29.8 Å². The number of hydrogen-bond donors (Lipinski definition) is 1.